The van der Waals surface area contributed by atoms with Gasteiger partial charge >= 0.3 is 0 Å². The zero-order valence-electron chi connectivity index (χ0n) is 13.6. The predicted octanol–water partition coefficient (Wildman–Crippen LogP) is 1.56. The zero-order chi connectivity index (χ0) is 15.5. The van der Waals surface area contributed by atoms with Crippen LogP contribution in [0.2, 0.25) is 0 Å². The lowest BCUT2D eigenvalue weighted by Crippen LogP contribution is -2.39. The first-order valence-electron chi connectivity index (χ1n) is 7.79. The van der Waals surface area contributed by atoms with Gasteiger partial charge in [-0.2, -0.15) is 0 Å². The minimum absolute atomic E-state index is 0.129. The maximum atomic E-state index is 12.0. The normalized spacial score (nSPS) is 17.9. The zero-order valence-corrected chi connectivity index (χ0v) is 13.6. The van der Waals surface area contributed by atoms with Crippen molar-refractivity contribution in [2.45, 2.75) is 46.0 Å². The molecular formula is C15H27N5O. The van der Waals surface area contributed by atoms with Crippen LogP contribution in [0.25, 0.3) is 0 Å². The van der Waals surface area contributed by atoms with Crippen LogP contribution in [0.15, 0.2) is 0 Å². The van der Waals surface area contributed by atoms with Gasteiger partial charge in [-0.05, 0) is 31.8 Å². The molecule has 21 heavy (non-hydrogen) atoms. The van der Waals surface area contributed by atoms with Gasteiger partial charge in [0.25, 0.3) is 5.91 Å². The molecule has 0 atom stereocenters. The molecule has 2 rings (SSSR count). The van der Waals surface area contributed by atoms with Crippen molar-refractivity contribution in [2.75, 3.05) is 26.2 Å². The van der Waals surface area contributed by atoms with Gasteiger partial charge in [-0.1, -0.05) is 27.7 Å². The first kappa shape index (κ1) is 15.9. The number of nitrogens with one attached hydrogen (secondary N) is 2. The van der Waals surface area contributed by atoms with Gasteiger partial charge in [-0.15, -0.1) is 5.10 Å². The Balaban J connectivity index is 1.76. The van der Waals surface area contributed by atoms with Crippen molar-refractivity contribution >= 4 is 5.91 Å². The lowest BCUT2D eigenvalue weighted by molar-refractivity contribution is 0.0934. The van der Waals surface area contributed by atoms with Gasteiger partial charge in [0, 0.05) is 18.5 Å². The van der Waals surface area contributed by atoms with E-state index >= 15 is 0 Å². The number of carbonyl (C=O) groups excluding carboxylic acids is 1. The van der Waals surface area contributed by atoms with Crippen molar-refractivity contribution in [3.8, 4) is 0 Å². The summed E-state index contributed by atoms with van der Waals surface area (Å²) < 4.78 is 0. The van der Waals surface area contributed by atoms with E-state index in [9.17, 15) is 4.79 Å². The van der Waals surface area contributed by atoms with E-state index in [0.717, 1.165) is 31.4 Å². The Hall–Kier alpha value is -1.43. The molecule has 1 aromatic rings. The van der Waals surface area contributed by atoms with Crippen LogP contribution in [0.4, 0.5) is 0 Å². The Bertz CT molecular complexity index is 469. The summed E-state index contributed by atoms with van der Waals surface area (Å²) >= 11 is 0. The third kappa shape index (κ3) is 4.52. The largest absolute Gasteiger partial charge is 0.348 e. The topological polar surface area (TPSA) is 73.9 Å². The van der Waals surface area contributed by atoms with Crippen LogP contribution >= 0.6 is 0 Å². The molecule has 1 aliphatic rings. The Kier molecular flexibility index (Phi) is 4.98. The van der Waals surface area contributed by atoms with Gasteiger partial charge in [0.05, 0.1) is 0 Å². The second-order valence-electron chi connectivity index (χ2n) is 7.04. The number of amides is 1. The van der Waals surface area contributed by atoms with Crippen molar-refractivity contribution in [3.63, 3.8) is 0 Å². The summed E-state index contributed by atoms with van der Waals surface area (Å²) in [6.07, 6.45) is 2.51. The van der Waals surface area contributed by atoms with Gasteiger partial charge in [0.1, 0.15) is 5.82 Å². The number of carbonyl (C=O) groups is 1. The van der Waals surface area contributed by atoms with E-state index in [1.807, 2.05) is 20.8 Å². The number of piperidine rings is 1. The van der Waals surface area contributed by atoms with Gasteiger partial charge in [-0.3, -0.25) is 9.89 Å². The van der Waals surface area contributed by atoms with Crippen molar-refractivity contribution in [1.29, 1.82) is 0 Å². The average molecular weight is 293 g/mol. The van der Waals surface area contributed by atoms with E-state index in [-0.39, 0.29) is 17.1 Å². The molecule has 1 aliphatic heterocycles. The van der Waals surface area contributed by atoms with Crippen molar-refractivity contribution < 1.29 is 4.79 Å². The highest BCUT2D eigenvalue weighted by atomic mass is 16.2. The maximum absolute atomic E-state index is 12.0. The molecule has 6 nitrogen and oxygen atoms in total. The van der Waals surface area contributed by atoms with Crippen molar-refractivity contribution in [3.05, 3.63) is 11.6 Å². The average Bonchev–Trinajstić information content (AvgIpc) is 2.90. The SMILES string of the molecule is CC1CCN(CCNC(=O)c2n[nH]c(C(C)(C)C)n2)CC1. The standard InChI is InChI=1S/C15H27N5O/c1-11-5-8-20(9-6-11)10-7-16-13(21)12-17-14(19-18-12)15(2,3)4/h11H,5-10H2,1-4H3,(H,16,21)(H,17,18,19). The third-order valence-corrected chi connectivity index (χ3v) is 3.99. The van der Waals surface area contributed by atoms with Crippen LogP contribution in [0, 0.1) is 5.92 Å². The molecule has 1 saturated heterocycles. The molecule has 0 aliphatic carbocycles. The number of aromatic amines is 1. The van der Waals surface area contributed by atoms with Crippen molar-refractivity contribution in [2.24, 2.45) is 5.92 Å². The molecule has 0 spiro atoms. The van der Waals surface area contributed by atoms with E-state index in [4.69, 9.17) is 0 Å². The molecule has 2 N–H and O–H groups in total. The smallest absolute Gasteiger partial charge is 0.291 e. The highest BCUT2D eigenvalue weighted by molar-refractivity contribution is 5.90. The maximum Gasteiger partial charge on any atom is 0.291 e. The summed E-state index contributed by atoms with van der Waals surface area (Å²) in [5.74, 6) is 1.59. The molecule has 0 bridgehead atoms. The number of hydrogen-bond acceptors (Lipinski definition) is 4. The van der Waals surface area contributed by atoms with Crippen LogP contribution in [-0.4, -0.2) is 52.2 Å². The predicted molar refractivity (Wildman–Crippen MR) is 82.3 cm³/mol. The molecule has 6 heteroatoms. The summed E-state index contributed by atoms with van der Waals surface area (Å²) in [4.78, 5) is 18.7. The summed E-state index contributed by atoms with van der Waals surface area (Å²) in [6, 6.07) is 0. The molecule has 1 fully saturated rings. The molecule has 0 saturated carbocycles. The van der Waals surface area contributed by atoms with Crippen LogP contribution in [0.3, 0.4) is 0 Å². The van der Waals surface area contributed by atoms with E-state index in [1.165, 1.54) is 12.8 Å². The minimum Gasteiger partial charge on any atom is -0.348 e. The van der Waals surface area contributed by atoms with E-state index < -0.39 is 0 Å². The highest BCUT2D eigenvalue weighted by Gasteiger charge is 2.21. The van der Waals surface area contributed by atoms with E-state index in [0.29, 0.717) is 6.54 Å². The molecule has 2 heterocycles. The third-order valence-electron chi connectivity index (χ3n) is 3.99. The molecule has 0 aromatic carbocycles. The fourth-order valence-corrected chi connectivity index (χ4v) is 2.39. The Morgan fingerprint density at radius 2 is 2.05 bits per heavy atom. The number of likely N-dealkylation sites (tertiary alicyclic amines) is 1. The molecule has 118 valence electrons. The molecule has 0 radical (unpaired) electrons. The first-order chi connectivity index (χ1) is 9.86. The number of H-pyrrole nitrogens is 1. The Labute approximate surface area is 126 Å². The molecule has 0 unspecified atom stereocenters. The van der Waals surface area contributed by atoms with Gasteiger partial charge in [-0.25, -0.2) is 4.98 Å². The van der Waals surface area contributed by atoms with E-state index in [1.54, 1.807) is 0 Å². The summed E-state index contributed by atoms with van der Waals surface area (Å²) in [5, 5.41) is 9.73. The number of rotatable bonds is 4. The van der Waals surface area contributed by atoms with Crippen LogP contribution in [0.5, 0.6) is 0 Å². The second kappa shape index (κ2) is 6.56. The van der Waals surface area contributed by atoms with Crippen molar-refractivity contribution in [1.82, 2.24) is 25.4 Å². The highest BCUT2D eigenvalue weighted by Crippen LogP contribution is 2.17. The lowest BCUT2D eigenvalue weighted by Gasteiger charge is -2.29. The minimum atomic E-state index is -0.202. The monoisotopic (exact) mass is 293 g/mol. The molecule has 1 amide bonds. The second-order valence-corrected chi connectivity index (χ2v) is 7.04. The number of hydrogen-bond donors (Lipinski definition) is 2. The fourth-order valence-electron chi connectivity index (χ4n) is 2.39. The van der Waals surface area contributed by atoms with Gasteiger partial charge in [0.15, 0.2) is 0 Å². The lowest BCUT2D eigenvalue weighted by atomic mass is 9.96. The van der Waals surface area contributed by atoms with Crippen LogP contribution < -0.4 is 5.32 Å². The Morgan fingerprint density at radius 3 is 2.62 bits per heavy atom. The molecule has 1 aromatic heterocycles. The van der Waals surface area contributed by atoms with Gasteiger partial charge < -0.3 is 10.2 Å². The number of nitrogens with zero attached hydrogens (tertiary/aromatic N) is 3. The summed E-state index contributed by atoms with van der Waals surface area (Å²) in [7, 11) is 0. The summed E-state index contributed by atoms with van der Waals surface area (Å²) in [5.41, 5.74) is -0.129. The number of aromatic nitrogens is 3. The van der Waals surface area contributed by atoms with E-state index in [2.05, 4.69) is 32.3 Å². The quantitative estimate of drug-likeness (QED) is 0.883. The van der Waals surface area contributed by atoms with Crippen LogP contribution in [-0.2, 0) is 5.41 Å². The Morgan fingerprint density at radius 1 is 1.38 bits per heavy atom. The molecular weight excluding hydrogens is 266 g/mol. The first-order valence-corrected chi connectivity index (χ1v) is 7.79. The van der Waals surface area contributed by atoms with Crippen LogP contribution in [0.1, 0.15) is 57.0 Å². The van der Waals surface area contributed by atoms with Gasteiger partial charge in [0.2, 0.25) is 5.82 Å². The summed E-state index contributed by atoms with van der Waals surface area (Å²) in [6.45, 7) is 12.2. The fraction of sp³-hybridized carbons (Fsp3) is 0.800.